The van der Waals surface area contributed by atoms with Gasteiger partial charge in [0.25, 0.3) is 0 Å². The molecular formula is C23H29N5O. The van der Waals surface area contributed by atoms with Gasteiger partial charge in [0, 0.05) is 36.6 Å². The Labute approximate surface area is 172 Å². The fraction of sp³-hybridized carbons (Fsp3) is 0.522. The molecule has 2 bridgehead atoms. The van der Waals surface area contributed by atoms with Gasteiger partial charge in [-0.1, -0.05) is 19.3 Å². The van der Waals surface area contributed by atoms with Crippen LogP contribution in [0.4, 0.5) is 16.3 Å². The molecule has 0 radical (unpaired) electrons. The molecule has 5 rings (SSSR count). The molecule has 3 aliphatic rings. The lowest BCUT2D eigenvalue weighted by atomic mass is 9.95. The van der Waals surface area contributed by atoms with Crippen molar-refractivity contribution in [3.63, 3.8) is 0 Å². The van der Waals surface area contributed by atoms with Crippen LogP contribution >= 0.6 is 0 Å². The molecule has 1 N–H and O–H groups in total. The lowest BCUT2D eigenvalue weighted by molar-refractivity contribution is 0.231. The molecule has 29 heavy (non-hydrogen) atoms. The summed E-state index contributed by atoms with van der Waals surface area (Å²) in [5.74, 6) is 0.788. The third-order valence-electron chi connectivity index (χ3n) is 6.73. The van der Waals surface area contributed by atoms with Gasteiger partial charge in [-0.2, -0.15) is 0 Å². The van der Waals surface area contributed by atoms with Crippen molar-refractivity contribution in [1.82, 2.24) is 15.3 Å². The number of amides is 2. The fourth-order valence-corrected chi connectivity index (χ4v) is 5.13. The molecule has 6 nitrogen and oxygen atoms in total. The summed E-state index contributed by atoms with van der Waals surface area (Å²) in [5, 5.41) is 3.32. The highest BCUT2D eigenvalue weighted by Gasteiger charge is 2.49. The van der Waals surface area contributed by atoms with Gasteiger partial charge >= 0.3 is 6.03 Å². The highest BCUT2D eigenvalue weighted by Crippen LogP contribution is 2.45. The van der Waals surface area contributed by atoms with Crippen LogP contribution in [0.5, 0.6) is 0 Å². The molecule has 0 spiro atoms. The molecule has 0 aromatic carbocycles. The first-order valence-electron chi connectivity index (χ1n) is 10.8. The summed E-state index contributed by atoms with van der Waals surface area (Å²) >= 11 is 0. The minimum Gasteiger partial charge on any atom is -0.366 e. The fourth-order valence-electron chi connectivity index (χ4n) is 5.13. The first-order chi connectivity index (χ1) is 14.0. The zero-order valence-corrected chi connectivity index (χ0v) is 17.3. The van der Waals surface area contributed by atoms with E-state index in [1.807, 2.05) is 30.2 Å². The van der Waals surface area contributed by atoms with Crippen LogP contribution < -0.4 is 15.1 Å². The number of carbonyl (C=O) groups is 1. The van der Waals surface area contributed by atoms with Crippen LogP contribution in [0.25, 0.3) is 11.3 Å². The maximum Gasteiger partial charge on any atom is 0.323 e. The number of aromatic nitrogens is 2. The van der Waals surface area contributed by atoms with E-state index in [0.717, 1.165) is 60.8 Å². The minimum atomic E-state index is -0.217. The zero-order valence-electron chi connectivity index (χ0n) is 17.3. The largest absolute Gasteiger partial charge is 0.366 e. The van der Waals surface area contributed by atoms with Crippen molar-refractivity contribution < 1.29 is 4.79 Å². The molecule has 0 unspecified atom stereocenters. The summed E-state index contributed by atoms with van der Waals surface area (Å²) in [6, 6.07) is 8.51. The van der Waals surface area contributed by atoms with Gasteiger partial charge in [-0.25, -0.2) is 9.78 Å². The smallest absolute Gasteiger partial charge is 0.323 e. The number of nitrogens with zero attached hydrogens (tertiary/aromatic N) is 4. The van der Waals surface area contributed by atoms with Gasteiger partial charge in [-0.3, -0.25) is 9.88 Å². The number of pyridine rings is 2. The highest BCUT2D eigenvalue weighted by molar-refractivity contribution is 5.98. The molecule has 2 amide bonds. The van der Waals surface area contributed by atoms with Crippen molar-refractivity contribution in [3.05, 3.63) is 36.2 Å². The first-order valence-corrected chi connectivity index (χ1v) is 10.8. The van der Waals surface area contributed by atoms with Crippen LogP contribution in [-0.2, 0) is 0 Å². The third-order valence-corrected chi connectivity index (χ3v) is 6.73. The summed E-state index contributed by atoms with van der Waals surface area (Å²) in [7, 11) is 0. The van der Waals surface area contributed by atoms with E-state index in [1.54, 1.807) is 0 Å². The predicted octanol–water partition coefficient (Wildman–Crippen LogP) is 4.28. The van der Waals surface area contributed by atoms with Crippen molar-refractivity contribution in [2.45, 2.75) is 64.0 Å². The monoisotopic (exact) mass is 391 g/mol. The Morgan fingerprint density at radius 1 is 1.21 bits per heavy atom. The zero-order chi connectivity index (χ0) is 20.0. The number of hydrogen-bond donors (Lipinski definition) is 1. The van der Waals surface area contributed by atoms with Crippen LogP contribution in [0, 0.1) is 6.92 Å². The third kappa shape index (κ3) is 3.24. The Morgan fingerprint density at radius 3 is 2.83 bits per heavy atom. The molecule has 1 saturated heterocycles. The molecule has 152 valence electrons. The predicted molar refractivity (Wildman–Crippen MR) is 115 cm³/mol. The maximum absolute atomic E-state index is 13.5. The molecule has 1 atom stereocenters. The maximum atomic E-state index is 13.5. The van der Waals surface area contributed by atoms with Gasteiger partial charge in [-0.15, -0.1) is 0 Å². The molecule has 4 heterocycles. The number of rotatable bonds is 2. The highest BCUT2D eigenvalue weighted by atomic mass is 16.2. The van der Waals surface area contributed by atoms with E-state index in [9.17, 15) is 4.79 Å². The second-order valence-electron chi connectivity index (χ2n) is 9.01. The Balaban J connectivity index is 1.53. The van der Waals surface area contributed by atoms with E-state index >= 15 is 0 Å². The van der Waals surface area contributed by atoms with Crippen LogP contribution in [-0.4, -0.2) is 40.7 Å². The number of aryl methyl sites for hydroxylation is 1. The minimum absolute atomic E-state index is 0.0118. The standard InChI is InChI=1S/C23H29N5O/c1-16-14-17(10-12-24-16)19-8-9-20-21(26-19)28(23(2)11-13-27(20)15-23)22(29)25-18-6-4-3-5-7-18/h8-10,12,14,18H,3-7,11,13,15H2,1-2H3,(H,25,29)/t23-/m0/s1. The molecule has 1 aliphatic carbocycles. The second kappa shape index (κ2) is 7.01. The van der Waals surface area contributed by atoms with Crippen molar-refractivity contribution in [2.24, 2.45) is 0 Å². The quantitative estimate of drug-likeness (QED) is 0.830. The van der Waals surface area contributed by atoms with Crippen molar-refractivity contribution in [2.75, 3.05) is 22.9 Å². The number of urea groups is 1. The summed E-state index contributed by atoms with van der Waals surface area (Å²) in [6.45, 7) is 6.01. The molecule has 2 aromatic rings. The first kappa shape index (κ1) is 18.4. The molecule has 1 saturated carbocycles. The Hall–Kier alpha value is -2.63. The summed E-state index contributed by atoms with van der Waals surface area (Å²) < 4.78 is 0. The van der Waals surface area contributed by atoms with Crippen LogP contribution in [0.2, 0.25) is 0 Å². The molecular weight excluding hydrogens is 362 g/mol. The number of fused-ring (bicyclic) bond motifs is 4. The number of carbonyl (C=O) groups excluding carboxylic acids is 1. The Bertz CT molecular complexity index is 939. The van der Waals surface area contributed by atoms with Gasteiger partial charge in [-0.05, 0) is 57.4 Å². The van der Waals surface area contributed by atoms with Crippen molar-refractivity contribution in [3.8, 4) is 11.3 Å². The molecule has 2 aromatic heterocycles. The van der Waals surface area contributed by atoms with Gasteiger partial charge in [0.05, 0.1) is 16.9 Å². The molecule has 2 aliphatic heterocycles. The number of nitrogens with one attached hydrogen (secondary N) is 1. The van der Waals surface area contributed by atoms with Crippen molar-refractivity contribution >= 4 is 17.5 Å². The van der Waals surface area contributed by atoms with E-state index in [2.05, 4.69) is 34.3 Å². The van der Waals surface area contributed by atoms with E-state index < -0.39 is 0 Å². The Morgan fingerprint density at radius 2 is 2.03 bits per heavy atom. The van der Waals surface area contributed by atoms with Gasteiger partial charge in [0.2, 0.25) is 0 Å². The van der Waals surface area contributed by atoms with Crippen LogP contribution in [0.15, 0.2) is 30.5 Å². The SMILES string of the molecule is Cc1cc(-c2ccc3c(n2)N(C(=O)NC2CCCCC2)[C@@]2(C)CCN3C2)ccn1. The van der Waals surface area contributed by atoms with Gasteiger partial charge < -0.3 is 10.2 Å². The summed E-state index contributed by atoms with van der Waals surface area (Å²) in [6.07, 6.45) is 8.63. The molecule has 2 fully saturated rings. The van der Waals surface area contributed by atoms with Gasteiger partial charge in [0.1, 0.15) is 0 Å². The summed E-state index contributed by atoms with van der Waals surface area (Å²) in [5.41, 5.74) is 3.73. The topological polar surface area (TPSA) is 61.4 Å². The average molecular weight is 392 g/mol. The average Bonchev–Trinajstić information content (AvgIpc) is 3.06. The Kier molecular flexibility index (Phi) is 4.45. The van der Waals surface area contributed by atoms with E-state index in [4.69, 9.17) is 4.98 Å². The molecule has 6 heteroatoms. The number of hydrogen-bond acceptors (Lipinski definition) is 4. The van der Waals surface area contributed by atoms with Crippen molar-refractivity contribution in [1.29, 1.82) is 0 Å². The second-order valence-corrected chi connectivity index (χ2v) is 9.01. The van der Waals surface area contributed by atoms with E-state index in [0.29, 0.717) is 0 Å². The lowest BCUT2D eigenvalue weighted by Crippen LogP contribution is -2.59. The normalized spacial score (nSPS) is 23.8. The lowest BCUT2D eigenvalue weighted by Gasteiger charge is -2.43. The van der Waals surface area contributed by atoms with Crippen LogP contribution in [0.1, 0.15) is 51.1 Å². The van der Waals surface area contributed by atoms with E-state index in [1.165, 1.54) is 19.3 Å². The van der Waals surface area contributed by atoms with Crippen LogP contribution in [0.3, 0.4) is 0 Å². The summed E-state index contributed by atoms with van der Waals surface area (Å²) in [4.78, 5) is 27.1. The van der Waals surface area contributed by atoms with Gasteiger partial charge in [0.15, 0.2) is 5.82 Å². The number of anilines is 2. The van der Waals surface area contributed by atoms with E-state index in [-0.39, 0.29) is 17.6 Å².